The molecule has 1 unspecified atom stereocenters. The van der Waals surface area contributed by atoms with Crippen molar-refractivity contribution in [3.8, 4) is 5.69 Å². The van der Waals surface area contributed by atoms with Crippen LogP contribution >= 0.6 is 0 Å². The number of esters is 1. The summed E-state index contributed by atoms with van der Waals surface area (Å²) >= 11 is 0. The van der Waals surface area contributed by atoms with Crippen molar-refractivity contribution in [2.45, 2.75) is 31.8 Å². The van der Waals surface area contributed by atoms with E-state index in [0.717, 1.165) is 23.3 Å². The van der Waals surface area contributed by atoms with E-state index in [1.807, 2.05) is 48.7 Å². The van der Waals surface area contributed by atoms with E-state index in [4.69, 9.17) is 4.74 Å². The third-order valence-electron chi connectivity index (χ3n) is 4.88. The lowest BCUT2D eigenvalue weighted by Gasteiger charge is -2.13. The number of hydrogen-bond acceptors (Lipinski definition) is 5. The van der Waals surface area contributed by atoms with Crippen LogP contribution in [0.5, 0.6) is 0 Å². The number of aryl methyl sites for hydroxylation is 1. The molecule has 0 saturated carbocycles. The van der Waals surface area contributed by atoms with Crippen molar-refractivity contribution in [3.63, 3.8) is 0 Å². The standard InChI is InChI=1S/C23H23NO5S/c1-15-14-21(16(2)24(15)19-8-6-5-7-9-19)22(25)17(3)29-23(26)18-10-12-20(13-11-18)30(4,27)28/h5-14,17H,1-4H3. The van der Waals surface area contributed by atoms with Crippen LogP contribution in [0.4, 0.5) is 0 Å². The Labute approximate surface area is 176 Å². The fourth-order valence-corrected chi connectivity index (χ4v) is 3.96. The highest BCUT2D eigenvalue weighted by Gasteiger charge is 2.25. The van der Waals surface area contributed by atoms with Gasteiger partial charge in [0.2, 0.25) is 5.78 Å². The number of benzene rings is 2. The first-order valence-corrected chi connectivity index (χ1v) is 11.3. The Balaban J connectivity index is 1.79. The first kappa shape index (κ1) is 21.5. The fraction of sp³-hybridized carbons (Fsp3) is 0.217. The molecule has 7 heteroatoms. The molecule has 156 valence electrons. The van der Waals surface area contributed by atoms with Crippen molar-refractivity contribution >= 4 is 21.6 Å². The van der Waals surface area contributed by atoms with Crippen LogP contribution in [-0.4, -0.2) is 37.1 Å². The molecule has 0 N–H and O–H groups in total. The number of para-hydroxylation sites is 1. The molecule has 30 heavy (non-hydrogen) atoms. The van der Waals surface area contributed by atoms with Gasteiger partial charge in [-0.15, -0.1) is 0 Å². The molecule has 1 heterocycles. The van der Waals surface area contributed by atoms with E-state index in [-0.39, 0.29) is 16.2 Å². The third-order valence-corrected chi connectivity index (χ3v) is 6.01. The number of rotatable bonds is 6. The highest BCUT2D eigenvalue weighted by atomic mass is 32.2. The number of ketones is 1. The zero-order valence-corrected chi connectivity index (χ0v) is 18.1. The number of Topliss-reactive ketones (excluding diaryl/α,β-unsaturated/α-hetero) is 1. The molecule has 0 aliphatic carbocycles. The topological polar surface area (TPSA) is 82.4 Å². The molecule has 1 atom stereocenters. The van der Waals surface area contributed by atoms with Crippen molar-refractivity contribution in [1.82, 2.24) is 4.57 Å². The molecule has 0 aliphatic heterocycles. The zero-order valence-electron chi connectivity index (χ0n) is 17.2. The lowest BCUT2D eigenvalue weighted by atomic mass is 10.1. The predicted octanol–water partition coefficient (Wildman–Crippen LogP) is 3.93. The summed E-state index contributed by atoms with van der Waals surface area (Å²) in [6.45, 7) is 5.29. The number of ether oxygens (including phenoxy) is 1. The Hall–Kier alpha value is -3.19. The Bertz CT molecular complexity index is 1190. The van der Waals surface area contributed by atoms with Gasteiger partial charge in [-0.3, -0.25) is 4.79 Å². The summed E-state index contributed by atoms with van der Waals surface area (Å²) in [6, 6.07) is 16.9. The molecule has 0 amide bonds. The second-order valence-corrected chi connectivity index (χ2v) is 9.18. The van der Waals surface area contributed by atoms with E-state index >= 15 is 0 Å². The van der Waals surface area contributed by atoms with Gasteiger partial charge in [-0.2, -0.15) is 0 Å². The number of sulfone groups is 1. The average Bonchev–Trinajstić information content (AvgIpc) is 3.01. The second-order valence-electron chi connectivity index (χ2n) is 7.16. The largest absolute Gasteiger partial charge is 0.451 e. The summed E-state index contributed by atoms with van der Waals surface area (Å²) in [5.41, 5.74) is 3.28. The minimum atomic E-state index is -3.36. The predicted molar refractivity (Wildman–Crippen MR) is 114 cm³/mol. The number of carbonyl (C=O) groups is 2. The summed E-state index contributed by atoms with van der Waals surface area (Å²) in [5.74, 6) is -0.987. The number of nitrogens with zero attached hydrogens (tertiary/aromatic N) is 1. The van der Waals surface area contributed by atoms with Crippen LogP contribution in [0, 0.1) is 13.8 Å². The minimum absolute atomic E-state index is 0.108. The Kier molecular flexibility index (Phi) is 5.94. The molecule has 3 rings (SSSR count). The highest BCUT2D eigenvalue weighted by Crippen LogP contribution is 2.23. The van der Waals surface area contributed by atoms with Gasteiger partial charge < -0.3 is 9.30 Å². The van der Waals surface area contributed by atoms with Crippen LogP contribution in [0.15, 0.2) is 65.6 Å². The van der Waals surface area contributed by atoms with E-state index in [1.54, 1.807) is 6.07 Å². The van der Waals surface area contributed by atoms with Crippen LogP contribution in [-0.2, 0) is 14.6 Å². The molecule has 0 radical (unpaired) electrons. The lowest BCUT2D eigenvalue weighted by Crippen LogP contribution is -2.25. The van der Waals surface area contributed by atoms with Crippen LogP contribution in [0.1, 0.15) is 39.0 Å². The van der Waals surface area contributed by atoms with Gasteiger partial charge in [-0.25, -0.2) is 13.2 Å². The number of aromatic nitrogens is 1. The lowest BCUT2D eigenvalue weighted by molar-refractivity contribution is 0.0318. The Morgan fingerprint density at radius 3 is 2.13 bits per heavy atom. The molecule has 6 nitrogen and oxygen atoms in total. The summed E-state index contributed by atoms with van der Waals surface area (Å²) < 4.78 is 30.4. The molecule has 0 bridgehead atoms. The van der Waals surface area contributed by atoms with E-state index in [2.05, 4.69) is 0 Å². The summed E-state index contributed by atoms with van der Waals surface area (Å²) in [6.07, 6.45) is 0.101. The Morgan fingerprint density at radius 1 is 0.967 bits per heavy atom. The summed E-state index contributed by atoms with van der Waals surface area (Å²) in [4.78, 5) is 25.5. The van der Waals surface area contributed by atoms with E-state index < -0.39 is 21.9 Å². The molecular formula is C23H23NO5S. The zero-order chi connectivity index (χ0) is 22.1. The third kappa shape index (κ3) is 4.36. The molecule has 0 saturated heterocycles. The van der Waals surface area contributed by atoms with Crippen LogP contribution in [0.2, 0.25) is 0 Å². The van der Waals surface area contributed by atoms with Crippen LogP contribution < -0.4 is 0 Å². The van der Waals surface area contributed by atoms with Crippen LogP contribution in [0.25, 0.3) is 5.69 Å². The quantitative estimate of drug-likeness (QED) is 0.441. The number of carbonyl (C=O) groups excluding carboxylic acids is 2. The first-order chi connectivity index (χ1) is 14.1. The SMILES string of the molecule is Cc1cc(C(=O)C(C)OC(=O)c2ccc(S(C)(=O)=O)cc2)c(C)n1-c1ccccc1. The van der Waals surface area contributed by atoms with Crippen molar-refractivity contribution in [2.24, 2.45) is 0 Å². The van der Waals surface area contributed by atoms with Gasteiger partial charge in [0.05, 0.1) is 10.5 Å². The molecule has 2 aromatic carbocycles. The molecule has 3 aromatic rings. The van der Waals surface area contributed by atoms with Gasteiger partial charge in [0.1, 0.15) is 0 Å². The van der Waals surface area contributed by atoms with Crippen molar-refractivity contribution < 1.29 is 22.7 Å². The van der Waals surface area contributed by atoms with Crippen LogP contribution in [0.3, 0.4) is 0 Å². The fourth-order valence-electron chi connectivity index (χ4n) is 3.33. The molecule has 0 aliphatic rings. The van der Waals surface area contributed by atoms with E-state index in [0.29, 0.717) is 5.56 Å². The first-order valence-electron chi connectivity index (χ1n) is 9.39. The number of hydrogen-bond donors (Lipinski definition) is 0. The monoisotopic (exact) mass is 425 g/mol. The highest BCUT2D eigenvalue weighted by molar-refractivity contribution is 7.90. The Morgan fingerprint density at radius 2 is 1.57 bits per heavy atom. The molecule has 0 fully saturated rings. The smallest absolute Gasteiger partial charge is 0.338 e. The van der Waals surface area contributed by atoms with E-state index in [1.165, 1.54) is 31.2 Å². The van der Waals surface area contributed by atoms with Crippen molar-refractivity contribution in [2.75, 3.05) is 6.26 Å². The summed E-state index contributed by atoms with van der Waals surface area (Å²) in [5, 5.41) is 0. The maximum Gasteiger partial charge on any atom is 0.338 e. The van der Waals surface area contributed by atoms with Gasteiger partial charge in [0.15, 0.2) is 15.9 Å². The molecule has 0 spiro atoms. The van der Waals surface area contributed by atoms with Crippen molar-refractivity contribution in [1.29, 1.82) is 0 Å². The average molecular weight is 426 g/mol. The normalized spacial score (nSPS) is 12.4. The molecular weight excluding hydrogens is 402 g/mol. The summed E-state index contributed by atoms with van der Waals surface area (Å²) in [7, 11) is -3.36. The molecule has 1 aromatic heterocycles. The van der Waals surface area contributed by atoms with Gasteiger partial charge >= 0.3 is 5.97 Å². The second kappa shape index (κ2) is 8.28. The van der Waals surface area contributed by atoms with Gasteiger partial charge in [0.25, 0.3) is 0 Å². The minimum Gasteiger partial charge on any atom is -0.451 e. The van der Waals surface area contributed by atoms with Gasteiger partial charge in [-0.1, -0.05) is 18.2 Å². The van der Waals surface area contributed by atoms with Gasteiger partial charge in [-0.05, 0) is 63.2 Å². The maximum atomic E-state index is 12.9. The maximum absolute atomic E-state index is 12.9. The van der Waals surface area contributed by atoms with Crippen molar-refractivity contribution in [3.05, 3.63) is 83.2 Å². The van der Waals surface area contributed by atoms with E-state index in [9.17, 15) is 18.0 Å². The van der Waals surface area contributed by atoms with Gasteiger partial charge in [0, 0.05) is 28.9 Å².